The number of thiophene rings is 1. The van der Waals surface area contributed by atoms with Crippen molar-refractivity contribution in [1.29, 1.82) is 0 Å². The van der Waals surface area contributed by atoms with Crippen molar-refractivity contribution in [3.8, 4) is 10.4 Å². The van der Waals surface area contributed by atoms with E-state index in [0.717, 1.165) is 15.3 Å². The van der Waals surface area contributed by atoms with Crippen LogP contribution in [0.1, 0.15) is 4.88 Å². The standard InChI is InChI=1S/C17H20O5S/c18-9-13-16(20)17(21,15(19)10-22-13)8-12-6-7-14(23-12)11-4-2-1-3-5-11/h1-7,13,15-16,18-21H,8-10H2/t13-,15+,16-,17-/m1/s1. The predicted molar refractivity (Wildman–Crippen MR) is 87.2 cm³/mol. The Balaban J connectivity index is 1.82. The lowest BCUT2D eigenvalue weighted by Crippen LogP contribution is -2.64. The van der Waals surface area contributed by atoms with Crippen molar-refractivity contribution in [1.82, 2.24) is 0 Å². The first-order chi connectivity index (χ1) is 11.0. The summed E-state index contributed by atoms with van der Waals surface area (Å²) in [5, 5.41) is 40.3. The van der Waals surface area contributed by atoms with Crippen LogP contribution in [0.4, 0.5) is 0 Å². The second-order valence-corrected chi connectivity index (χ2v) is 6.98. The molecule has 0 amide bonds. The minimum absolute atomic E-state index is 0.104. The third kappa shape index (κ3) is 3.19. The van der Waals surface area contributed by atoms with Gasteiger partial charge in [-0.2, -0.15) is 0 Å². The topological polar surface area (TPSA) is 90.2 Å². The Labute approximate surface area is 138 Å². The van der Waals surface area contributed by atoms with Gasteiger partial charge in [0, 0.05) is 16.2 Å². The molecule has 1 aromatic carbocycles. The van der Waals surface area contributed by atoms with E-state index in [1.165, 1.54) is 11.3 Å². The molecule has 124 valence electrons. The molecular formula is C17H20O5S. The summed E-state index contributed by atoms with van der Waals surface area (Å²) in [6.07, 6.45) is -3.34. The number of aliphatic hydroxyl groups is 4. The van der Waals surface area contributed by atoms with Gasteiger partial charge < -0.3 is 25.2 Å². The van der Waals surface area contributed by atoms with E-state index in [1.54, 1.807) is 0 Å². The first kappa shape index (κ1) is 16.6. The molecule has 1 aliphatic heterocycles. The molecule has 0 unspecified atom stereocenters. The summed E-state index contributed by atoms with van der Waals surface area (Å²) in [6, 6.07) is 13.7. The zero-order valence-corrected chi connectivity index (χ0v) is 13.3. The third-order valence-electron chi connectivity index (χ3n) is 4.27. The number of rotatable bonds is 4. The molecule has 1 aliphatic rings. The van der Waals surface area contributed by atoms with Gasteiger partial charge in [-0.1, -0.05) is 30.3 Å². The monoisotopic (exact) mass is 336 g/mol. The first-order valence-corrected chi connectivity index (χ1v) is 8.31. The maximum atomic E-state index is 10.8. The highest BCUT2D eigenvalue weighted by molar-refractivity contribution is 7.15. The van der Waals surface area contributed by atoms with Crippen molar-refractivity contribution < 1.29 is 25.2 Å². The number of hydrogen-bond donors (Lipinski definition) is 4. The lowest BCUT2D eigenvalue weighted by molar-refractivity contribution is -0.246. The van der Waals surface area contributed by atoms with Crippen LogP contribution in [0, 0.1) is 0 Å². The maximum absolute atomic E-state index is 10.8. The molecule has 0 aliphatic carbocycles. The van der Waals surface area contributed by atoms with E-state index >= 15 is 0 Å². The highest BCUT2D eigenvalue weighted by Crippen LogP contribution is 2.34. The van der Waals surface area contributed by atoms with Gasteiger partial charge in [0.2, 0.25) is 0 Å². The molecule has 1 aromatic heterocycles. The fraction of sp³-hybridized carbons (Fsp3) is 0.412. The van der Waals surface area contributed by atoms with Crippen molar-refractivity contribution in [2.75, 3.05) is 13.2 Å². The van der Waals surface area contributed by atoms with E-state index in [0.29, 0.717) is 0 Å². The summed E-state index contributed by atoms with van der Waals surface area (Å²) in [5.41, 5.74) is -0.651. The number of ether oxygens (including phenoxy) is 1. The maximum Gasteiger partial charge on any atom is 0.126 e. The van der Waals surface area contributed by atoms with E-state index < -0.39 is 30.5 Å². The summed E-state index contributed by atoms with van der Waals surface area (Å²) in [6.45, 7) is -0.522. The first-order valence-electron chi connectivity index (χ1n) is 7.49. The van der Waals surface area contributed by atoms with Gasteiger partial charge >= 0.3 is 0 Å². The number of benzene rings is 1. The Hall–Kier alpha value is -1.28. The molecule has 2 heterocycles. The molecule has 1 saturated heterocycles. The molecule has 6 heteroatoms. The molecule has 0 radical (unpaired) electrons. The van der Waals surface area contributed by atoms with Gasteiger partial charge in [-0.3, -0.25) is 0 Å². The van der Waals surface area contributed by atoms with Gasteiger partial charge in [0.05, 0.1) is 13.2 Å². The summed E-state index contributed by atoms with van der Waals surface area (Å²) < 4.78 is 5.15. The van der Waals surface area contributed by atoms with Gasteiger partial charge in [0.1, 0.15) is 23.9 Å². The van der Waals surface area contributed by atoms with Crippen LogP contribution in [0.5, 0.6) is 0 Å². The minimum atomic E-state index is -1.73. The summed E-state index contributed by atoms with van der Waals surface area (Å²) >= 11 is 1.51. The van der Waals surface area contributed by atoms with Gasteiger partial charge in [0.25, 0.3) is 0 Å². The molecule has 5 nitrogen and oxygen atoms in total. The van der Waals surface area contributed by atoms with Crippen molar-refractivity contribution >= 4 is 11.3 Å². The Morgan fingerprint density at radius 1 is 1.13 bits per heavy atom. The average molecular weight is 336 g/mol. The van der Waals surface area contributed by atoms with E-state index in [2.05, 4.69) is 0 Å². The summed E-state index contributed by atoms with van der Waals surface area (Å²) in [5.74, 6) is 0. The molecule has 23 heavy (non-hydrogen) atoms. The fourth-order valence-corrected chi connectivity index (χ4v) is 3.97. The Morgan fingerprint density at radius 3 is 2.57 bits per heavy atom. The van der Waals surface area contributed by atoms with Crippen molar-refractivity contribution in [3.05, 3.63) is 47.3 Å². The Morgan fingerprint density at radius 2 is 1.87 bits per heavy atom. The Bertz CT molecular complexity index is 643. The second-order valence-electron chi connectivity index (χ2n) is 5.81. The van der Waals surface area contributed by atoms with Crippen LogP contribution in [-0.2, 0) is 11.2 Å². The van der Waals surface area contributed by atoms with Gasteiger partial charge in [-0.25, -0.2) is 0 Å². The van der Waals surface area contributed by atoms with E-state index in [1.807, 2.05) is 42.5 Å². The second kappa shape index (κ2) is 6.68. The largest absolute Gasteiger partial charge is 0.394 e. The molecule has 2 aromatic rings. The summed E-state index contributed by atoms with van der Waals surface area (Å²) in [7, 11) is 0. The van der Waals surface area contributed by atoms with Crippen molar-refractivity contribution in [2.24, 2.45) is 0 Å². The molecule has 0 bridgehead atoms. The highest BCUT2D eigenvalue weighted by Gasteiger charge is 2.50. The number of aliphatic hydroxyl groups excluding tert-OH is 3. The molecule has 4 atom stereocenters. The third-order valence-corrected chi connectivity index (χ3v) is 5.40. The van der Waals surface area contributed by atoms with Crippen LogP contribution < -0.4 is 0 Å². The van der Waals surface area contributed by atoms with Crippen LogP contribution in [0.2, 0.25) is 0 Å². The average Bonchev–Trinajstić information content (AvgIpc) is 3.02. The van der Waals surface area contributed by atoms with Crippen LogP contribution in [0.3, 0.4) is 0 Å². The fourth-order valence-electron chi connectivity index (χ4n) is 2.85. The molecule has 0 saturated carbocycles. The quantitative estimate of drug-likeness (QED) is 0.663. The summed E-state index contributed by atoms with van der Waals surface area (Å²) in [4.78, 5) is 1.90. The molecule has 1 fully saturated rings. The zero-order valence-electron chi connectivity index (χ0n) is 12.5. The van der Waals surface area contributed by atoms with E-state index in [-0.39, 0.29) is 13.0 Å². The molecule has 3 rings (SSSR count). The smallest absolute Gasteiger partial charge is 0.126 e. The molecule has 0 spiro atoms. The van der Waals surface area contributed by atoms with Crippen molar-refractivity contribution in [3.63, 3.8) is 0 Å². The number of hydrogen-bond acceptors (Lipinski definition) is 6. The molecular weight excluding hydrogens is 316 g/mol. The van der Waals surface area contributed by atoms with E-state index in [4.69, 9.17) is 4.74 Å². The highest BCUT2D eigenvalue weighted by atomic mass is 32.1. The lowest BCUT2D eigenvalue weighted by atomic mass is 9.82. The SMILES string of the molecule is OC[C@H]1OC[C@H](O)[C@](O)(Cc2ccc(-c3ccccc3)s2)[C@@H]1O. The van der Waals surface area contributed by atoms with Crippen LogP contribution in [0.15, 0.2) is 42.5 Å². The Kier molecular flexibility index (Phi) is 4.82. The van der Waals surface area contributed by atoms with Gasteiger partial charge in [-0.05, 0) is 17.7 Å². The van der Waals surface area contributed by atoms with Crippen LogP contribution in [0.25, 0.3) is 10.4 Å². The van der Waals surface area contributed by atoms with E-state index in [9.17, 15) is 20.4 Å². The molecule has 4 N–H and O–H groups in total. The van der Waals surface area contributed by atoms with Crippen LogP contribution >= 0.6 is 11.3 Å². The van der Waals surface area contributed by atoms with Gasteiger partial charge in [-0.15, -0.1) is 11.3 Å². The minimum Gasteiger partial charge on any atom is -0.394 e. The zero-order chi connectivity index (χ0) is 16.4. The lowest BCUT2D eigenvalue weighted by Gasteiger charge is -2.44. The predicted octanol–water partition coefficient (Wildman–Crippen LogP) is 0.802. The van der Waals surface area contributed by atoms with Crippen LogP contribution in [-0.4, -0.2) is 57.6 Å². The van der Waals surface area contributed by atoms with Gasteiger partial charge in [0.15, 0.2) is 0 Å². The van der Waals surface area contributed by atoms with Crippen molar-refractivity contribution in [2.45, 2.75) is 30.3 Å². The normalized spacial score (nSPS) is 31.2.